The largest absolute Gasteiger partial charge is 0.299 e. The summed E-state index contributed by atoms with van der Waals surface area (Å²) in [5.41, 5.74) is 6.43. The molecule has 5 rings (SSSR count). The van der Waals surface area contributed by atoms with E-state index >= 15 is 0 Å². The van der Waals surface area contributed by atoms with Crippen LogP contribution in [0.3, 0.4) is 0 Å². The molecule has 4 heteroatoms. The number of carbonyl (C=O) groups excluding carboxylic acids is 1. The Hall–Kier alpha value is -2.88. The van der Waals surface area contributed by atoms with Crippen LogP contribution in [0.4, 0.5) is 0 Å². The second-order valence-corrected chi connectivity index (χ2v) is 9.09. The maximum atomic E-state index is 12.5. The van der Waals surface area contributed by atoms with Gasteiger partial charge in [-0.15, -0.1) is 0 Å². The fourth-order valence-electron chi connectivity index (χ4n) is 5.58. The standard InChI is InChI=1S/C26H27N3O/c1-16-15-19(12-14-27-16)25-28-23(18-7-5-4-6-8-18)20-9-10-21-17(2)22(30)11-13-26(21,3)24(20)29-25/h4-8,12,14-15,17,21H,9-11,13H2,1-3H3/t17-,21-,26-/m1/s1. The molecule has 2 aliphatic carbocycles. The third-order valence-electron chi connectivity index (χ3n) is 7.28. The lowest BCUT2D eigenvalue weighted by Crippen LogP contribution is -2.47. The number of benzene rings is 1. The van der Waals surface area contributed by atoms with Gasteiger partial charge in [0.15, 0.2) is 5.82 Å². The normalized spacial score (nSPS) is 25.5. The summed E-state index contributed by atoms with van der Waals surface area (Å²) in [6.45, 7) is 6.43. The van der Waals surface area contributed by atoms with Crippen LogP contribution in [0.25, 0.3) is 22.6 Å². The number of hydrogen-bond donors (Lipinski definition) is 0. The quantitative estimate of drug-likeness (QED) is 0.586. The van der Waals surface area contributed by atoms with E-state index in [0.717, 1.165) is 53.3 Å². The summed E-state index contributed by atoms with van der Waals surface area (Å²) in [6.07, 6.45) is 5.28. The van der Waals surface area contributed by atoms with Gasteiger partial charge in [-0.3, -0.25) is 9.78 Å². The maximum Gasteiger partial charge on any atom is 0.160 e. The Morgan fingerprint density at radius 3 is 2.60 bits per heavy atom. The number of aryl methyl sites for hydroxylation is 1. The molecule has 3 aromatic rings. The Kier molecular flexibility index (Phi) is 4.53. The second-order valence-electron chi connectivity index (χ2n) is 9.09. The maximum absolute atomic E-state index is 12.5. The van der Waals surface area contributed by atoms with Crippen molar-refractivity contribution in [2.45, 2.75) is 51.9 Å². The van der Waals surface area contributed by atoms with Crippen LogP contribution in [0.2, 0.25) is 0 Å². The fraction of sp³-hybridized carbons (Fsp3) is 0.385. The number of aromatic nitrogens is 3. The van der Waals surface area contributed by atoms with E-state index in [9.17, 15) is 4.79 Å². The van der Waals surface area contributed by atoms with E-state index in [1.807, 2.05) is 31.3 Å². The zero-order valence-corrected chi connectivity index (χ0v) is 17.9. The van der Waals surface area contributed by atoms with E-state index in [-0.39, 0.29) is 11.3 Å². The first-order valence-electron chi connectivity index (χ1n) is 10.9. The van der Waals surface area contributed by atoms with Crippen molar-refractivity contribution in [2.75, 3.05) is 0 Å². The van der Waals surface area contributed by atoms with E-state index in [1.54, 1.807) is 0 Å². The summed E-state index contributed by atoms with van der Waals surface area (Å²) >= 11 is 0. The molecular weight excluding hydrogens is 370 g/mol. The van der Waals surface area contributed by atoms with E-state index in [4.69, 9.17) is 9.97 Å². The molecule has 30 heavy (non-hydrogen) atoms. The van der Waals surface area contributed by atoms with Gasteiger partial charge < -0.3 is 0 Å². The Morgan fingerprint density at radius 2 is 1.83 bits per heavy atom. The van der Waals surface area contributed by atoms with Crippen molar-refractivity contribution in [3.8, 4) is 22.6 Å². The molecule has 0 saturated heterocycles. The van der Waals surface area contributed by atoms with Crippen molar-refractivity contribution in [3.63, 3.8) is 0 Å². The second kappa shape index (κ2) is 7.12. The highest BCUT2D eigenvalue weighted by atomic mass is 16.1. The zero-order valence-electron chi connectivity index (χ0n) is 17.9. The van der Waals surface area contributed by atoms with Gasteiger partial charge in [-0.1, -0.05) is 44.2 Å². The molecule has 1 saturated carbocycles. The number of rotatable bonds is 2. The highest BCUT2D eigenvalue weighted by Gasteiger charge is 2.49. The first-order valence-corrected chi connectivity index (χ1v) is 10.9. The summed E-state index contributed by atoms with van der Waals surface area (Å²) in [5.74, 6) is 1.60. The Balaban J connectivity index is 1.76. The molecule has 0 amide bonds. The van der Waals surface area contributed by atoms with Gasteiger partial charge in [0.2, 0.25) is 0 Å². The van der Waals surface area contributed by atoms with Crippen molar-refractivity contribution in [2.24, 2.45) is 11.8 Å². The lowest BCUT2D eigenvalue weighted by atomic mass is 9.56. The van der Waals surface area contributed by atoms with Gasteiger partial charge in [0.05, 0.1) is 11.4 Å². The Labute approximate surface area is 177 Å². The van der Waals surface area contributed by atoms with Crippen LogP contribution in [0.15, 0.2) is 48.7 Å². The third-order valence-corrected chi connectivity index (χ3v) is 7.28. The molecule has 2 aliphatic rings. The van der Waals surface area contributed by atoms with Crippen LogP contribution in [0.1, 0.15) is 50.1 Å². The van der Waals surface area contributed by atoms with Crippen LogP contribution in [0, 0.1) is 18.8 Å². The van der Waals surface area contributed by atoms with E-state index in [1.165, 1.54) is 5.56 Å². The summed E-state index contributed by atoms with van der Waals surface area (Å²) < 4.78 is 0. The highest BCUT2D eigenvalue weighted by molar-refractivity contribution is 5.83. The van der Waals surface area contributed by atoms with Gasteiger partial charge in [-0.25, -0.2) is 9.97 Å². The molecule has 4 nitrogen and oxygen atoms in total. The predicted molar refractivity (Wildman–Crippen MR) is 118 cm³/mol. The minimum atomic E-state index is -0.0931. The predicted octanol–water partition coefficient (Wildman–Crippen LogP) is 5.33. The number of fused-ring (bicyclic) bond motifs is 3. The molecule has 0 N–H and O–H groups in total. The molecule has 1 aromatic carbocycles. The van der Waals surface area contributed by atoms with Crippen molar-refractivity contribution >= 4 is 5.78 Å². The van der Waals surface area contributed by atoms with Crippen molar-refractivity contribution in [3.05, 3.63) is 65.6 Å². The first-order chi connectivity index (χ1) is 14.5. The number of hydrogen-bond acceptors (Lipinski definition) is 4. The van der Waals surface area contributed by atoms with Crippen LogP contribution < -0.4 is 0 Å². The van der Waals surface area contributed by atoms with Crippen molar-refractivity contribution < 1.29 is 4.79 Å². The Bertz CT molecular complexity index is 1120. The van der Waals surface area contributed by atoms with Crippen LogP contribution in [-0.2, 0) is 16.6 Å². The molecule has 2 aromatic heterocycles. The molecule has 0 unspecified atom stereocenters. The molecule has 0 radical (unpaired) electrons. The van der Waals surface area contributed by atoms with E-state index < -0.39 is 0 Å². The van der Waals surface area contributed by atoms with Crippen molar-refractivity contribution in [1.82, 2.24) is 15.0 Å². The smallest absolute Gasteiger partial charge is 0.160 e. The zero-order chi connectivity index (χ0) is 20.9. The molecular formula is C26H27N3O. The van der Waals surface area contributed by atoms with Gasteiger partial charge in [0, 0.05) is 46.3 Å². The molecule has 3 atom stereocenters. The van der Waals surface area contributed by atoms with Crippen molar-refractivity contribution in [1.29, 1.82) is 0 Å². The van der Waals surface area contributed by atoms with E-state index in [0.29, 0.717) is 18.1 Å². The summed E-state index contributed by atoms with van der Waals surface area (Å²) in [4.78, 5) is 27.1. The fourth-order valence-corrected chi connectivity index (χ4v) is 5.58. The topological polar surface area (TPSA) is 55.7 Å². The molecule has 152 valence electrons. The minimum absolute atomic E-state index is 0.0931. The SMILES string of the molecule is Cc1cc(-c2nc(-c3ccccc3)c3c(n2)[C@]2(C)CCC(=O)[C@H](C)[C@H]2CC3)ccn1. The summed E-state index contributed by atoms with van der Waals surface area (Å²) in [6, 6.07) is 14.5. The molecule has 0 aliphatic heterocycles. The monoisotopic (exact) mass is 397 g/mol. The lowest BCUT2D eigenvalue weighted by Gasteiger charge is -2.48. The molecule has 2 heterocycles. The number of nitrogens with zero attached hydrogens (tertiary/aromatic N) is 3. The molecule has 0 bridgehead atoms. The third kappa shape index (κ3) is 2.97. The number of pyridine rings is 1. The van der Waals surface area contributed by atoms with Crippen LogP contribution in [-0.4, -0.2) is 20.7 Å². The van der Waals surface area contributed by atoms with Gasteiger partial charge in [0.25, 0.3) is 0 Å². The Morgan fingerprint density at radius 1 is 1.03 bits per heavy atom. The summed E-state index contributed by atoms with van der Waals surface area (Å²) in [5, 5.41) is 0. The molecule has 1 fully saturated rings. The van der Waals surface area contributed by atoms with Gasteiger partial charge >= 0.3 is 0 Å². The number of ketones is 1. The van der Waals surface area contributed by atoms with E-state index in [2.05, 4.69) is 43.1 Å². The lowest BCUT2D eigenvalue weighted by molar-refractivity contribution is -0.128. The number of Topliss-reactive ketones (excluding diaryl/α,β-unsaturated/α-hetero) is 1. The average molecular weight is 398 g/mol. The number of carbonyl (C=O) groups is 1. The average Bonchev–Trinajstić information content (AvgIpc) is 2.77. The van der Waals surface area contributed by atoms with Gasteiger partial charge in [-0.2, -0.15) is 0 Å². The van der Waals surface area contributed by atoms with Crippen LogP contribution in [0.5, 0.6) is 0 Å². The van der Waals surface area contributed by atoms with Crippen LogP contribution >= 0.6 is 0 Å². The van der Waals surface area contributed by atoms with Gasteiger partial charge in [-0.05, 0) is 44.2 Å². The molecule has 0 spiro atoms. The minimum Gasteiger partial charge on any atom is -0.299 e. The van der Waals surface area contributed by atoms with Gasteiger partial charge in [0.1, 0.15) is 5.78 Å². The first kappa shape index (κ1) is 19.1. The summed E-state index contributed by atoms with van der Waals surface area (Å²) in [7, 11) is 0. The highest BCUT2D eigenvalue weighted by Crippen LogP contribution is 2.52.